The van der Waals surface area contributed by atoms with Gasteiger partial charge in [0.05, 0.1) is 13.1 Å². The Labute approximate surface area is 168 Å². The van der Waals surface area contributed by atoms with Crippen LogP contribution in [0.1, 0.15) is 15.4 Å². The summed E-state index contributed by atoms with van der Waals surface area (Å²) in [5, 5.41) is 10.6. The Balaban J connectivity index is 0.00000225. The second-order valence-corrected chi connectivity index (χ2v) is 6.71. The Hall–Kier alpha value is -1.87. The van der Waals surface area contributed by atoms with E-state index in [1.807, 2.05) is 36.4 Å². The summed E-state index contributed by atoms with van der Waals surface area (Å²) >= 11 is 1.78. The van der Waals surface area contributed by atoms with Crippen molar-refractivity contribution in [2.24, 2.45) is 4.99 Å². The Morgan fingerprint density at radius 3 is 2.56 bits per heavy atom. The van der Waals surface area contributed by atoms with Gasteiger partial charge in [0.15, 0.2) is 11.7 Å². The van der Waals surface area contributed by atoms with Crippen LogP contribution in [-0.4, -0.2) is 18.2 Å². The normalized spacial score (nSPS) is 11.0. The lowest BCUT2D eigenvalue weighted by atomic mass is 10.2. The number of rotatable bonds is 5. The van der Waals surface area contributed by atoms with Gasteiger partial charge in [-0.3, -0.25) is 4.99 Å². The molecule has 0 aliphatic heterocycles. The molecule has 0 aliphatic rings. The predicted octanol–water partition coefficient (Wildman–Crippen LogP) is 4.19. The third-order valence-corrected chi connectivity index (χ3v) is 4.50. The van der Waals surface area contributed by atoms with Crippen molar-refractivity contribution in [1.82, 2.24) is 15.8 Å². The van der Waals surface area contributed by atoms with E-state index in [4.69, 9.17) is 4.52 Å². The van der Waals surface area contributed by atoms with Crippen LogP contribution < -0.4 is 10.6 Å². The summed E-state index contributed by atoms with van der Waals surface area (Å²) in [6.45, 7) is 3.42. The van der Waals surface area contributed by atoms with Gasteiger partial charge in [-0.15, -0.1) is 35.3 Å². The standard InChI is InChI=1S/C18H20N4OS.HI/c1-13-8-9-16(24-13)12-21-18(19-2)20-11-15-10-17(23-22-15)14-6-4-3-5-7-14;/h3-10H,11-12H2,1-2H3,(H2,19,20,21);1H. The molecule has 0 saturated carbocycles. The van der Waals surface area contributed by atoms with Crippen LogP contribution in [0.25, 0.3) is 11.3 Å². The van der Waals surface area contributed by atoms with E-state index in [1.54, 1.807) is 18.4 Å². The number of guanidine groups is 1. The lowest BCUT2D eigenvalue weighted by Crippen LogP contribution is -2.36. The van der Waals surface area contributed by atoms with Crippen LogP contribution in [0.2, 0.25) is 0 Å². The predicted molar refractivity (Wildman–Crippen MR) is 113 cm³/mol. The number of hydrogen-bond acceptors (Lipinski definition) is 4. The monoisotopic (exact) mass is 468 g/mol. The molecule has 0 saturated heterocycles. The number of halogens is 1. The van der Waals surface area contributed by atoms with Crippen molar-refractivity contribution in [1.29, 1.82) is 0 Å². The third-order valence-electron chi connectivity index (χ3n) is 3.50. The van der Waals surface area contributed by atoms with E-state index in [2.05, 4.69) is 39.8 Å². The van der Waals surface area contributed by atoms with Gasteiger partial charge < -0.3 is 15.2 Å². The molecule has 0 amide bonds. The zero-order chi connectivity index (χ0) is 16.8. The van der Waals surface area contributed by atoms with Crippen molar-refractivity contribution in [2.75, 3.05) is 7.05 Å². The molecule has 25 heavy (non-hydrogen) atoms. The molecule has 0 atom stereocenters. The van der Waals surface area contributed by atoms with E-state index in [9.17, 15) is 0 Å². The maximum Gasteiger partial charge on any atom is 0.191 e. The zero-order valence-corrected chi connectivity index (χ0v) is 17.3. The third kappa shape index (κ3) is 5.57. The second kappa shape index (κ2) is 9.57. The average Bonchev–Trinajstić information content (AvgIpc) is 3.25. The summed E-state index contributed by atoms with van der Waals surface area (Å²) < 4.78 is 5.40. The molecule has 5 nitrogen and oxygen atoms in total. The van der Waals surface area contributed by atoms with Crippen molar-refractivity contribution in [3.8, 4) is 11.3 Å². The molecule has 2 heterocycles. The van der Waals surface area contributed by atoms with Gasteiger partial charge in [-0.1, -0.05) is 35.5 Å². The van der Waals surface area contributed by atoms with Crippen molar-refractivity contribution in [3.63, 3.8) is 0 Å². The fraction of sp³-hybridized carbons (Fsp3) is 0.222. The zero-order valence-electron chi connectivity index (χ0n) is 14.2. The van der Waals surface area contributed by atoms with Gasteiger partial charge in [-0.2, -0.15) is 0 Å². The minimum Gasteiger partial charge on any atom is -0.356 e. The summed E-state index contributed by atoms with van der Waals surface area (Å²) in [4.78, 5) is 6.82. The lowest BCUT2D eigenvalue weighted by molar-refractivity contribution is 0.422. The van der Waals surface area contributed by atoms with Crippen LogP contribution in [0.4, 0.5) is 0 Å². The van der Waals surface area contributed by atoms with E-state index < -0.39 is 0 Å². The topological polar surface area (TPSA) is 62.5 Å². The minimum absolute atomic E-state index is 0. The van der Waals surface area contributed by atoms with Gasteiger partial charge in [0.25, 0.3) is 0 Å². The summed E-state index contributed by atoms with van der Waals surface area (Å²) in [5.41, 5.74) is 1.86. The Morgan fingerprint density at radius 1 is 1.12 bits per heavy atom. The molecule has 7 heteroatoms. The fourth-order valence-electron chi connectivity index (χ4n) is 2.28. The molecule has 0 spiro atoms. The molecule has 0 aliphatic carbocycles. The van der Waals surface area contributed by atoms with Gasteiger partial charge in [0.2, 0.25) is 0 Å². The lowest BCUT2D eigenvalue weighted by Gasteiger charge is -2.09. The molecule has 2 N–H and O–H groups in total. The number of benzene rings is 1. The van der Waals surface area contributed by atoms with Crippen LogP contribution in [0.15, 0.2) is 58.0 Å². The first-order chi connectivity index (χ1) is 11.7. The highest BCUT2D eigenvalue weighted by Gasteiger charge is 2.07. The fourth-order valence-corrected chi connectivity index (χ4v) is 3.11. The van der Waals surface area contributed by atoms with Crippen LogP contribution in [0.5, 0.6) is 0 Å². The molecule has 132 valence electrons. The smallest absolute Gasteiger partial charge is 0.191 e. The van der Waals surface area contributed by atoms with Crippen molar-refractivity contribution in [3.05, 3.63) is 64.0 Å². The highest BCUT2D eigenvalue weighted by atomic mass is 127. The molecule has 1 aromatic carbocycles. The molecule has 3 rings (SSSR count). The maximum atomic E-state index is 5.40. The number of nitrogens with one attached hydrogen (secondary N) is 2. The molecule has 3 aromatic rings. The molecule has 0 unspecified atom stereocenters. The highest BCUT2D eigenvalue weighted by Crippen LogP contribution is 2.19. The van der Waals surface area contributed by atoms with Crippen molar-refractivity contribution < 1.29 is 4.52 Å². The van der Waals surface area contributed by atoms with Crippen LogP contribution in [0.3, 0.4) is 0 Å². The average molecular weight is 468 g/mol. The molecule has 0 radical (unpaired) electrons. The van der Waals surface area contributed by atoms with Gasteiger partial charge in [-0.05, 0) is 19.1 Å². The number of aromatic nitrogens is 1. The quantitative estimate of drug-likeness (QED) is 0.335. The maximum absolute atomic E-state index is 5.40. The van der Waals surface area contributed by atoms with E-state index in [1.165, 1.54) is 9.75 Å². The number of aryl methyl sites for hydroxylation is 1. The summed E-state index contributed by atoms with van der Waals surface area (Å²) in [7, 11) is 1.76. The number of nitrogens with zero attached hydrogens (tertiary/aromatic N) is 2. The molecule has 0 fully saturated rings. The Kier molecular flexibility index (Phi) is 7.45. The van der Waals surface area contributed by atoms with Crippen LogP contribution >= 0.6 is 35.3 Å². The SMILES string of the molecule is CN=C(NCc1cc(-c2ccccc2)on1)NCc1ccc(C)s1.I. The first kappa shape index (κ1) is 19.5. The van der Waals surface area contributed by atoms with E-state index >= 15 is 0 Å². The first-order valence-electron chi connectivity index (χ1n) is 7.75. The first-order valence-corrected chi connectivity index (χ1v) is 8.57. The van der Waals surface area contributed by atoms with E-state index in [0.29, 0.717) is 6.54 Å². The Morgan fingerprint density at radius 2 is 1.88 bits per heavy atom. The van der Waals surface area contributed by atoms with Crippen LogP contribution in [0, 0.1) is 6.92 Å². The molecular weight excluding hydrogens is 447 g/mol. The number of aliphatic imine (C=N–C) groups is 1. The summed E-state index contributed by atoms with van der Waals surface area (Å²) in [6, 6.07) is 16.1. The van der Waals surface area contributed by atoms with Gasteiger partial charge >= 0.3 is 0 Å². The van der Waals surface area contributed by atoms with Gasteiger partial charge in [-0.25, -0.2) is 0 Å². The van der Waals surface area contributed by atoms with E-state index in [0.717, 1.165) is 29.5 Å². The van der Waals surface area contributed by atoms with Gasteiger partial charge in [0, 0.05) is 28.4 Å². The van der Waals surface area contributed by atoms with Crippen molar-refractivity contribution >= 4 is 41.3 Å². The minimum atomic E-state index is 0. The molecule has 0 bridgehead atoms. The van der Waals surface area contributed by atoms with Crippen LogP contribution in [-0.2, 0) is 13.1 Å². The molecular formula is C18H21IN4OS. The Bertz CT molecular complexity index is 813. The van der Waals surface area contributed by atoms with Crippen molar-refractivity contribution in [2.45, 2.75) is 20.0 Å². The number of thiophene rings is 1. The largest absolute Gasteiger partial charge is 0.356 e. The molecule has 2 aromatic heterocycles. The highest BCUT2D eigenvalue weighted by molar-refractivity contribution is 14.0. The summed E-state index contributed by atoms with van der Waals surface area (Å²) in [5.74, 6) is 1.51. The van der Waals surface area contributed by atoms with Gasteiger partial charge in [0.1, 0.15) is 5.69 Å². The summed E-state index contributed by atoms with van der Waals surface area (Å²) in [6.07, 6.45) is 0. The number of hydrogen-bond donors (Lipinski definition) is 2. The second-order valence-electron chi connectivity index (χ2n) is 5.34. The van der Waals surface area contributed by atoms with E-state index in [-0.39, 0.29) is 24.0 Å².